The molecule has 1 aromatic carbocycles. The van der Waals surface area contributed by atoms with Gasteiger partial charge in [-0.2, -0.15) is 0 Å². The van der Waals surface area contributed by atoms with E-state index in [9.17, 15) is 4.79 Å². The van der Waals surface area contributed by atoms with Crippen molar-refractivity contribution in [1.82, 2.24) is 0 Å². The van der Waals surface area contributed by atoms with E-state index >= 15 is 0 Å². The minimum atomic E-state index is -1.02. The molecule has 3 nitrogen and oxygen atoms in total. The van der Waals surface area contributed by atoms with Crippen molar-refractivity contribution in [2.45, 2.75) is 19.4 Å². The van der Waals surface area contributed by atoms with Crippen LogP contribution in [0.25, 0.3) is 0 Å². The van der Waals surface area contributed by atoms with E-state index in [1.165, 1.54) is 0 Å². The topological polar surface area (TPSA) is 35.5 Å². The van der Waals surface area contributed by atoms with Crippen molar-refractivity contribution in [3.05, 3.63) is 30.3 Å². The maximum atomic E-state index is 11.7. The molecule has 4 heteroatoms. The van der Waals surface area contributed by atoms with Crippen molar-refractivity contribution in [3.8, 4) is 15.6 Å². The number of hydrogen-bond acceptors (Lipinski definition) is 3. The summed E-state index contributed by atoms with van der Waals surface area (Å²) in [4.78, 5) is 11.7. The number of rotatable bonds is 4. The van der Waals surface area contributed by atoms with Crippen LogP contribution in [0.3, 0.4) is 0 Å². The van der Waals surface area contributed by atoms with Gasteiger partial charge < -0.3 is 9.47 Å². The second kappa shape index (κ2) is 6.50. The van der Waals surface area contributed by atoms with Gasteiger partial charge in [-0.3, -0.25) is 0 Å². The number of carbonyl (C=O) groups is 1. The summed E-state index contributed by atoms with van der Waals surface area (Å²) in [5.74, 6) is 2.86. The number of carbonyl (C=O) groups excluding carboxylic acids is 1. The molecule has 0 spiro atoms. The fraction of sp³-hybridized carbons (Fsp3) is 0.308. The lowest BCUT2D eigenvalue weighted by Crippen LogP contribution is -2.39. The molecule has 0 heterocycles. The van der Waals surface area contributed by atoms with Crippen LogP contribution >= 0.6 is 22.6 Å². The summed E-state index contributed by atoms with van der Waals surface area (Å²) >= 11 is 1.89. The fourth-order valence-electron chi connectivity index (χ4n) is 1.13. The van der Waals surface area contributed by atoms with Crippen molar-refractivity contribution < 1.29 is 14.3 Å². The van der Waals surface area contributed by atoms with Crippen LogP contribution in [0.1, 0.15) is 13.8 Å². The standard InChI is InChI=1S/C13H13IO3/c1-13(2,12(15)16-10-6-9-14)17-11-7-4-3-5-8-11/h3-5,7-8H,10H2,1-2H3. The van der Waals surface area contributed by atoms with Gasteiger partial charge in [0.05, 0.1) is 0 Å². The Morgan fingerprint density at radius 2 is 2.00 bits per heavy atom. The summed E-state index contributed by atoms with van der Waals surface area (Å²) in [5, 5.41) is 0. The van der Waals surface area contributed by atoms with Crippen LogP contribution in [0.2, 0.25) is 0 Å². The third-order valence-corrected chi connectivity index (χ3v) is 2.33. The Hall–Kier alpha value is -1.22. The minimum Gasteiger partial charge on any atom is -0.476 e. The van der Waals surface area contributed by atoms with Crippen molar-refractivity contribution in [2.24, 2.45) is 0 Å². The molecule has 1 rings (SSSR count). The lowest BCUT2D eigenvalue weighted by Gasteiger charge is -2.23. The zero-order chi connectivity index (χ0) is 12.7. The van der Waals surface area contributed by atoms with E-state index in [2.05, 4.69) is 9.85 Å². The predicted molar refractivity (Wildman–Crippen MR) is 73.9 cm³/mol. The monoisotopic (exact) mass is 344 g/mol. The molecule has 0 aliphatic heterocycles. The zero-order valence-corrected chi connectivity index (χ0v) is 11.9. The molecule has 90 valence electrons. The summed E-state index contributed by atoms with van der Waals surface area (Å²) in [6.07, 6.45) is 0. The second-order valence-corrected chi connectivity index (χ2v) is 4.31. The van der Waals surface area contributed by atoms with Gasteiger partial charge in [0.2, 0.25) is 0 Å². The van der Waals surface area contributed by atoms with Crippen LogP contribution in [0.15, 0.2) is 30.3 Å². The molecule has 0 saturated carbocycles. The largest absolute Gasteiger partial charge is 0.476 e. The Morgan fingerprint density at radius 3 is 2.59 bits per heavy atom. The highest BCUT2D eigenvalue weighted by molar-refractivity contribution is 14.1. The molecule has 0 saturated heterocycles. The van der Waals surface area contributed by atoms with Crippen molar-refractivity contribution in [3.63, 3.8) is 0 Å². The predicted octanol–water partition coefficient (Wildman–Crippen LogP) is 2.78. The van der Waals surface area contributed by atoms with Crippen LogP contribution < -0.4 is 4.74 Å². The van der Waals surface area contributed by atoms with Crippen LogP contribution in [0, 0.1) is 9.85 Å². The molecule has 0 aliphatic rings. The Labute approximate surface area is 115 Å². The van der Waals surface area contributed by atoms with Gasteiger partial charge in [0.25, 0.3) is 0 Å². The molecule has 0 aliphatic carbocycles. The smallest absolute Gasteiger partial charge is 0.350 e. The summed E-state index contributed by atoms with van der Waals surface area (Å²) < 4.78 is 13.2. The van der Waals surface area contributed by atoms with Crippen molar-refractivity contribution >= 4 is 28.6 Å². The van der Waals surface area contributed by atoms with Gasteiger partial charge in [-0.15, -0.1) is 0 Å². The van der Waals surface area contributed by atoms with Gasteiger partial charge >= 0.3 is 5.97 Å². The van der Waals surface area contributed by atoms with E-state index < -0.39 is 11.6 Å². The second-order valence-electron chi connectivity index (χ2n) is 3.77. The zero-order valence-electron chi connectivity index (χ0n) is 9.70. The highest BCUT2D eigenvalue weighted by atomic mass is 127. The van der Waals surface area contributed by atoms with Gasteiger partial charge in [0, 0.05) is 22.6 Å². The van der Waals surface area contributed by atoms with Gasteiger partial charge in [-0.25, -0.2) is 4.79 Å². The van der Waals surface area contributed by atoms with Gasteiger partial charge in [-0.05, 0) is 29.9 Å². The number of hydrogen-bond donors (Lipinski definition) is 0. The molecule has 0 N–H and O–H groups in total. The SMILES string of the molecule is CC(C)(Oc1ccccc1)C(=O)OCC#CI. The highest BCUT2D eigenvalue weighted by Crippen LogP contribution is 2.18. The van der Waals surface area contributed by atoms with Crippen LogP contribution in [0.5, 0.6) is 5.75 Å². The summed E-state index contributed by atoms with van der Waals surface area (Å²) in [5.41, 5.74) is -1.02. The molecular formula is C13H13IO3. The number of benzene rings is 1. The van der Waals surface area contributed by atoms with E-state index in [-0.39, 0.29) is 6.61 Å². The molecule has 0 unspecified atom stereocenters. The van der Waals surface area contributed by atoms with E-state index in [4.69, 9.17) is 9.47 Å². The summed E-state index contributed by atoms with van der Waals surface area (Å²) in [6.45, 7) is 3.42. The first-order valence-corrected chi connectivity index (χ1v) is 6.14. The Balaban J connectivity index is 2.60. The van der Waals surface area contributed by atoms with Crippen LogP contribution in [0.4, 0.5) is 0 Å². The summed E-state index contributed by atoms with van der Waals surface area (Å²) in [6, 6.07) is 9.16. The highest BCUT2D eigenvalue weighted by Gasteiger charge is 2.31. The normalized spacial score (nSPS) is 10.1. The van der Waals surface area contributed by atoms with E-state index in [1.807, 2.05) is 40.8 Å². The first kappa shape index (κ1) is 13.8. The van der Waals surface area contributed by atoms with Crippen LogP contribution in [-0.2, 0) is 9.53 Å². The lowest BCUT2D eigenvalue weighted by atomic mass is 10.1. The molecule has 0 bridgehead atoms. The minimum absolute atomic E-state index is 0.0867. The molecule has 1 aromatic rings. The average molecular weight is 344 g/mol. The van der Waals surface area contributed by atoms with Gasteiger partial charge in [0.1, 0.15) is 5.75 Å². The van der Waals surface area contributed by atoms with Gasteiger partial charge in [-0.1, -0.05) is 24.1 Å². The molecule has 0 aromatic heterocycles. The Morgan fingerprint density at radius 1 is 1.35 bits per heavy atom. The Kier molecular flexibility index (Phi) is 5.29. The van der Waals surface area contributed by atoms with E-state index in [1.54, 1.807) is 26.0 Å². The number of para-hydroxylation sites is 1. The van der Waals surface area contributed by atoms with E-state index in [0.29, 0.717) is 5.75 Å². The quantitative estimate of drug-likeness (QED) is 0.479. The first-order chi connectivity index (χ1) is 8.06. The molecule has 0 radical (unpaired) electrons. The number of esters is 1. The summed E-state index contributed by atoms with van der Waals surface area (Å²) in [7, 11) is 0. The maximum absolute atomic E-state index is 11.7. The third kappa shape index (κ3) is 4.65. The fourth-order valence-corrected chi connectivity index (χ4v) is 1.28. The molecular weight excluding hydrogens is 331 g/mol. The molecule has 0 amide bonds. The lowest BCUT2D eigenvalue weighted by molar-refractivity contribution is -0.157. The van der Waals surface area contributed by atoms with Crippen molar-refractivity contribution in [2.75, 3.05) is 6.61 Å². The molecule has 17 heavy (non-hydrogen) atoms. The van der Waals surface area contributed by atoms with Crippen molar-refractivity contribution in [1.29, 1.82) is 0 Å². The third-order valence-electron chi connectivity index (χ3n) is 1.95. The number of ether oxygens (including phenoxy) is 2. The average Bonchev–Trinajstić information content (AvgIpc) is 2.30. The first-order valence-electron chi connectivity index (χ1n) is 5.06. The van der Waals surface area contributed by atoms with Crippen LogP contribution in [-0.4, -0.2) is 18.2 Å². The van der Waals surface area contributed by atoms with E-state index in [0.717, 1.165) is 0 Å². The number of halogens is 1. The molecule has 0 fully saturated rings. The molecule has 0 atom stereocenters. The Bertz CT molecular complexity index is 429. The maximum Gasteiger partial charge on any atom is 0.350 e. The van der Waals surface area contributed by atoms with Gasteiger partial charge in [0.15, 0.2) is 12.2 Å².